The van der Waals surface area contributed by atoms with Gasteiger partial charge in [0, 0.05) is 35.8 Å². The minimum atomic E-state index is -0.607. The third-order valence-corrected chi connectivity index (χ3v) is 6.62. The number of ether oxygens (including phenoxy) is 1. The van der Waals surface area contributed by atoms with Crippen LogP contribution < -0.4 is 0 Å². The molecular weight excluding hydrogens is 410 g/mol. The fraction of sp³-hybridized carbons (Fsp3) is 0.208. The highest BCUT2D eigenvalue weighted by atomic mass is 32.1. The maximum absolute atomic E-state index is 13.3. The predicted molar refractivity (Wildman–Crippen MR) is 119 cm³/mol. The summed E-state index contributed by atoms with van der Waals surface area (Å²) >= 11 is 1.51. The van der Waals surface area contributed by atoms with Crippen molar-refractivity contribution in [1.82, 2.24) is 14.3 Å². The normalized spacial score (nSPS) is 15.6. The lowest BCUT2D eigenvalue weighted by atomic mass is 9.93. The average molecular weight is 432 g/mol. The molecule has 0 aliphatic carbocycles. The molecule has 7 heteroatoms. The monoisotopic (exact) mass is 431 g/mol. The van der Waals surface area contributed by atoms with Gasteiger partial charge in [-0.3, -0.25) is 9.20 Å². The van der Waals surface area contributed by atoms with Crippen molar-refractivity contribution in [3.05, 3.63) is 83.0 Å². The first-order valence-corrected chi connectivity index (χ1v) is 11.0. The third-order valence-electron chi connectivity index (χ3n) is 5.73. The zero-order valence-corrected chi connectivity index (χ0v) is 17.8. The number of hydrogen-bond acceptors (Lipinski definition) is 5. The topological polar surface area (TPSA) is 63.9 Å². The molecule has 0 radical (unpaired) electrons. The second-order valence-corrected chi connectivity index (χ2v) is 8.42. The minimum absolute atomic E-state index is 0.0976. The molecule has 0 N–H and O–H groups in total. The van der Waals surface area contributed by atoms with Crippen molar-refractivity contribution in [2.24, 2.45) is 0 Å². The lowest BCUT2D eigenvalue weighted by Crippen LogP contribution is -2.49. The second kappa shape index (κ2) is 8.00. The molecule has 1 amide bonds. The number of nitrogens with zero attached hydrogens (tertiary/aromatic N) is 3. The van der Waals surface area contributed by atoms with E-state index >= 15 is 0 Å². The Hall–Kier alpha value is -3.45. The van der Waals surface area contributed by atoms with Gasteiger partial charge in [-0.05, 0) is 11.1 Å². The van der Waals surface area contributed by atoms with Crippen LogP contribution in [0.4, 0.5) is 0 Å². The molecule has 1 aliphatic heterocycles. The molecule has 4 aromatic rings. The fourth-order valence-electron chi connectivity index (χ4n) is 4.09. The fourth-order valence-corrected chi connectivity index (χ4v) is 4.97. The quantitative estimate of drug-likeness (QED) is 0.462. The minimum Gasteiger partial charge on any atom is -0.467 e. The molecule has 2 aromatic heterocycles. The Labute approximate surface area is 183 Å². The van der Waals surface area contributed by atoms with Crippen LogP contribution in [0.5, 0.6) is 0 Å². The number of hydrogen-bond donors (Lipinski definition) is 0. The molecule has 0 bridgehead atoms. The summed E-state index contributed by atoms with van der Waals surface area (Å²) in [5.74, 6) is -0.480. The number of aromatic nitrogens is 2. The molecular formula is C24H21N3O3S. The first-order valence-electron chi connectivity index (χ1n) is 10.1. The number of rotatable bonds is 4. The van der Waals surface area contributed by atoms with Crippen LogP contribution in [0.3, 0.4) is 0 Å². The van der Waals surface area contributed by atoms with Crippen LogP contribution in [0.1, 0.15) is 16.8 Å². The Bertz CT molecular complexity index is 1260. The van der Waals surface area contributed by atoms with E-state index in [4.69, 9.17) is 9.72 Å². The lowest BCUT2D eigenvalue weighted by Gasteiger charge is -2.35. The van der Waals surface area contributed by atoms with Crippen molar-refractivity contribution in [3.63, 3.8) is 0 Å². The van der Waals surface area contributed by atoms with Crippen LogP contribution >= 0.6 is 11.3 Å². The van der Waals surface area contributed by atoms with E-state index < -0.39 is 6.04 Å². The summed E-state index contributed by atoms with van der Waals surface area (Å²) in [4.78, 5) is 32.9. The first kappa shape index (κ1) is 19.5. The van der Waals surface area contributed by atoms with E-state index in [1.807, 2.05) is 70.6 Å². The molecule has 0 saturated heterocycles. The van der Waals surface area contributed by atoms with Crippen LogP contribution in [0, 0.1) is 0 Å². The average Bonchev–Trinajstić information content (AvgIpc) is 3.40. The zero-order valence-electron chi connectivity index (χ0n) is 17.0. The van der Waals surface area contributed by atoms with Crippen molar-refractivity contribution >= 4 is 28.2 Å². The number of esters is 1. The summed E-state index contributed by atoms with van der Waals surface area (Å²) in [7, 11) is 1.37. The number of carbonyl (C=O) groups excluding carboxylic acids is 2. The highest BCUT2D eigenvalue weighted by molar-refractivity contribution is 7.15. The molecule has 0 fully saturated rings. The molecule has 1 aliphatic rings. The van der Waals surface area contributed by atoms with Crippen LogP contribution in [0.15, 0.2) is 66.2 Å². The maximum Gasteiger partial charge on any atom is 0.328 e. The van der Waals surface area contributed by atoms with E-state index in [1.165, 1.54) is 18.4 Å². The Morgan fingerprint density at radius 3 is 2.61 bits per heavy atom. The van der Waals surface area contributed by atoms with Crippen LogP contribution in [-0.4, -0.2) is 39.3 Å². The summed E-state index contributed by atoms with van der Waals surface area (Å²) in [5.41, 5.74) is 4.93. The van der Waals surface area contributed by atoms with Gasteiger partial charge < -0.3 is 9.64 Å². The standard InChI is InChI=1S/C24H21N3O3S/c1-30-23(29)21-11-17-9-5-6-10-18(17)13-27(21)22(28)12-19-15-31-24-25-20(14-26(19)24)16-7-3-2-4-8-16/h2-10,14-15,21H,11-13H2,1H3. The lowest BCUT2D eigenvalue weighted by molar-refractivity contribution is -0.153. The van der Waals surface area contributed by atoms with Crippen molar-refractivity contribution in [2.75, 3.05) is 7.11 Å². The third kappa shape index (κ3) is 3.61. The van der Waals surface area contributed by atoms with Crippen LogP contribution in [-0.2, 0) is 33.7 Å². The van der Waals surface area contributed by atoms with E-state index in [0.29, 0.717) is 13.0 Å². The Balaban J connectivity index is 1.43. The molecule has 1 unspecified atom stereocenters. The molecule has 31 heavy (non-hydrogen) atoms. The number of thiazole rings is 1. The SMILES string of the molecule is COC(=O)C1Cc2ccccc2CN1C(=O)Cc1csc2nc(-c3ccccc3)cn12. The molecule has 0 saturated carbocycles. The molecule has 2 aromatic carbocycles. The largest absolute Gasteiger partial charge is 0.467 e. The molecule has 3 heterocycles. The molecule has 156 valence electrons. The predicted octanol–water partition coefficient (Wildman–Crippen LogP) is 3.73. The van der Waals surface area contributed by atoms with Gasteiger partial charge >= 0.3 is 5.97 Å². The molecule has 5 rings (SSSR count). The van der Waals surface area contributed by atoms with Gasteiger partial charge in [0.2, 0.25) is 5.91 Å². The molecule has 1 atom stereocenters. The number of benzene rings is 2. The van der Waals surface area contributed by atoms with Gasteiger partial charge in [-0.1, -0.05) is 54.6 Å². The highest BCUT2D eigenvalue weighted by Crippen LogP contribution is 2.27. The Morgan fingerprint density at radius 1 is 1.10 bits per heavy atom. The van der Waals surface area contributed by atoms with Crippen molar-refractivity contribution in [1.29, 1.82) is 0 Å². The number of fused-ring (bicyclic) bond motifs is 2. The maximum atomic E-state index is 13.3. The van der Waals surface area contributed by atoms with Crippen molar-refractivity contribution < 1.29 is 14.3 Å². The van der Waals surface area contributed by atoms with E-state index in [-0.39, 0.29) is 18.3 Å². The number of imidazole rings is 1. The number of methoxy groups -OCH3 is 1. The second-order valence-electron chi connectivity index (χ2n) is 7.58. The smallest absolute Gasteiger partial charge is 0.328 e. The Kier molecular flexibility index (Phi) is 5.03. The van der Waals surface area contributed by atoms with E-state index in [1.54, 1.807) is 4.90 Å². The van der Waals surface area contributed by atoms with Crippen molar-refractivity contribution in [2.45, 2.75) is 25.4 Å². The van der Waals surface area contributed by atoms with Gasteiger partial charge in [0.05, 0.1) is 19.2 Å². The van der Waals surface area contributed by atoms with Crippen molar-refractivity contribution in [3.8, 4) is 11.3 Å². The van der Waals surface area contributed by atoms with E-state index in [9.17, 15) is 9.59 Å². The van der Waals surface area contributed by atoms with Gasteiger partial charge in [-0.25, -0.2) is 9.78 Å². The summed E-state index contributed by atoms with van der Waals surface area (Å²) in [6.45, 7) is 0.404. The Morgan fingerprint density at radius 2 is 1.84 bits per heavy atom. The van der Waals surface area contributed by atoms with E-state index in [0.717, 1.165) is 33.0 Å². The van der Waals surface area contributed by atoms with Gasteiger partial charge in [0.15, 0.2) is 4.96 Å². The molecule has 6 nitrogen and oxygen atoms in total. The van der Waals surface area contributed by atoms with Crippen LogP contribution in [0.2, 0.25) is 0 Å². The summed E-state index contributed by atoms with van der Waals surface area (Å²) < 4.78 is 6.97. The van der Waals surface area contributed by atoms with Gasteiger partial charge in [0.1, 0.15) is 6.04 Å². The van der Waals surface area contributed by atoms with Gasteiger partial charge in [0.25, 0.3) is 0 Å². The van der Waals surface area contributed by atoms with Gasteiger partial charge in [-0.15, -0.1) is 11.3 Å². The zero-order chi connectivity index (χ0) is 21.4. The van der Waals surface area contributed by atoms with Gasteiger partial charge in [-0.2, -0.15) is 0 Å². The molecule has 0 spiro atoms. The number of amides is 1. The number of carbonyl (C=O) groups is 2. The summed E-state index contributed by atoms with van der Waals surface area (Å²) in [6.07, 6.45) is 2.63. The van der Waals surface area contributed by atoms with Crippen LogP contribution in [0.25, 0.3) is 16.2 Å². The first-order chi connectivity index (χ1) is 15.1. The van der Waals surface area contributed by atoms with E-state index in [2.05, 4.69) is 0 Å². The summed E-state index contributed by atoms with van der Waals surface area (Å²) in [6, 6.07) is 17.3. The summed E-state index contributed by atoms with van der Waals surface area (Å²) in [5, 5.41) is 1.96. The highest BCUT2D eigenvalue weighted by Gasteiger charge is 2.35.